The van der Waals surface area contributed by atoms with Gasteiger partial charge in [0.15, 0.2) is 5.69 Å². The van der Waals surface area contributed by atoms with Gasteiger partial charge in [-0.2, -0.15) is 4.39 Å². The average Bonchev–Trinajstić information content (AvgIpc) is 1.96. The Bertz CT molecular complexity index is 343. The zero-order valence-corrected chi connectivity index (χ0v) is 6.27. The second kappa shape index (κ2) is 3.02. The smallest absolute Gasteiger partial charge is 0.356 e. The van der Waals surface area contributed by atoms with E-state index in [1.165, 1.54) is 0 Å². The highest BCUT2D eigenvalue weighted by Crippen LogP contribution is 2.18. The van der Waals surface area contributed by atoms with E-state index >= 15 is 0 Å². The molecule has 0 aromatic carbocycles. The Kier molecular flexibility index (Phi) is 2.23. The van der Waals surface area contributed by atoms with Crippen molar-refractivity contribution in [1.29, 1.82) is 0 Å². The number of carbonyl (C=O) groups is 1. The van der Waals surface area contributed by atoms with Crippen LogP contribution in [0.15, 0.2) is 6.07 Å². The SMILES string of the molecule is O=C(O)c1nc(F)cc(F)c1Cl. The van der Waals surface area contributed by atoms with Crippen LogP contribution >= 0.6 is 11.6 Å². The monoisotopic (exact) mass is 193 g/mol. The van der Waals surface area contributed by atoms with Crippen LogP contribution in [0.5, 0.6) is 0 Å². The van der Waals surface area contributed by atoms with Gasteiger partial charge in [0.1, 0.15) is 10.8 Å². The first kappa shape index (κ1) is 8.86. The molecule has 0 bridgehead atoms. The molecule has 0 radical (unpaired) electrons. The van der Waals surface area contributed by atoms with Crippen molar-refractivity contribution in [3.63, 3.8) is 0 Å². The molecule has 0 aliphatic heterocycles. The van der Waals surface area contributed by atoms with Crippen molar-refractivity contribution in [3.8, 4) is 0 Å². The van der Waals surface area contributed by atoms with Crippen molar-refractivity contribution >= 4 is 17.6 Å². The van der Waals surface area contributed by atoms with E-state index in [9.17, 15) is 13.6 Å². The molecular formula is C6H2ClF2NO2. The maximum Gasteiger partial charge on any atom is 0.356 e. The molecule has 1 rings (SSSR count). The molecule has 0 aliphatic carbocycles. The van der Waals surface area contributed by atoms with Gasteiger partial charge in [-0.15, -0.1) is 0 Å². The summed E-state index contributed by atoms with van der Waals surface area (Å²) in [5.74, 6) is -3.92. The minimum Gasteiger partial charge on any atom is -0.476 e. The van der Waals surface area contributed by atoms with Crippen LogP contribution in [0.1, 0.15) is 10.5 Å². The van der Waals surface area contributed by atoms with E-state index in [1.807, 2.05) is 0 Å². The van der Waals surface area contributed by atoms with Gasteiger partial charge in [0.2, 0.25) is 5.95 Å². The number of halogens is 3. The molecule has 1 aromatic heterocycles. The maximum atomic E-state index is 12.5. The summed E-state index contributed by atoms with van der Waals surface area (Å²) >= 11 is 5.18. The van der Waals surface area contributed by atoms with E-state index in [-0.39, 0.29) is 0 Å². The maximum absolute atomic E-state index is 12.5. The Morgan fingerprint density at radius 3 is 2.67 bits per heavy atom. The van der Waals surface area contributed by atoms with E-state index in [0.717, 1.165) is 0 Å². The topological polar surface area (TPSA) is 50.2 Å². The average molecular weight is 194 g/mol. The molecule has 1 N–H and O–H groups in total. The summed E-state index contributed by atoms with van der Waals surface area (Å²) < 4.78 is 24.8. The number of carboxylic acid groups (broad SMARTS) is 1. The molecular weight excluding hydrogens is 192 g/mol. The zero-order chi connectivity index (χ0) is 9.30. The van der Waals surface area contributed by atoms with Crippen LogP contribution < -0.4 is 0 Å². The number of hydrogen-bond acceptors (Lipinski definition) is 2. The Morgan fingerprint density at radius 1 is 1.58 bits per heavy atom. The fourth-order valence-electron chi connectivity index (χ4n) is 0.611. The molecule has 0 spiro atoms. The summed E-state index contributed by atoms with van der Waals surface area (Å²) in [6.45, 7) is 0. The predicted octanol–water partition coefficient (Wildman–Crippen LogP) is 1.71. The van der Waals surface area contributed by atoms with Gasteiger partial charge in [-0.05, 0) is 0 Å². The fraction of sp³-hybridized carbons (Fsp3) is 0. The molecule has 0 saturated heterocycles. The van der Waals surface area contributed by atoms with Crippen LogP contribution in [0.4, 0.5) is 8.78 Å². The Hall–Kier alpha value is -1.23. The van der Waals surface area contributed by atoms with Gasteiger partial charge in [-0.25, -0.2) is 14.2 Å². The summed E-state index contributed by atoms with van der Waals surface area (Å²) in [6.07, 6.45) is 0. The second-order valence-electron chi connectivity index (χ2n) is 1.89. The number of rotatable bonds is 1. The third kappa shape index (κ3) is 1.50. The lowest BCUT2D eigenvalue weighted by atomic mass is 10.3. The molecule has 0 aliphatic rings. The third-order valence-electron chi connectivity index (χ3n) is 1.08. The number of carboxylic acids is 1. The lowest BCUT2D eigenvalue weighted by Crippen LogP contribution is -2.04. The van der Waals surface area contributed by atoms with Crippen molar-refractivity contribution in [2.24, 2.45) is 0 Å². The molecule has 0 unspecified atom stereocenters. The van der Waals surface area contributed by atoms with E-state index in [1.54, 1.807) is 0 Å². The van der Waals surface area contributed by atoms with Crippen molar-refractivity contribution in [1.82, 2.24) is 4.98 Å². The largest absolute Gasteiger partial charge is 0.476 e. The van der Waals surface area contributed by atoms with Gasteiger partial charge in [-0.3, -0.25) is 0 Å². The Balaban J connectivity index is 3.37. The summed E-state index contributed by atoms with van der Waals surface area (Å²) in [5.41, 5.74) is -0.825. The zero-order valence-electron chi connectivity index (χ0n) is 5.51. The number of aromatic carboxylic acids is 1. The molecule has 12 heavy (non-hydrogen) atoms. The molecule has 0 atom stereocenters. The fourth-order valence-corrected chi connectivity index (χ4v) is 0.789. The number of hydrogen-bond donors (Lipinski definition) is 1. The van der Waals surface area contributed by atoms with Gasteiger partial charge < -0.3 is 5.11 Å². The highest BCUT2D eigenvalue weighted by Gasteiger charge is 2.16. The summed E-state index contributed by atoms with van der Waals surface area (Å²) in [5, 5.41) is 7.64. The van der Waals surface area contributed by atoms with E-state index < -0.39 is 28.5 Å². The Morgan fingerprint density at radius 2 is 2.17 bits per heavy atom. The van der Waals surface area contributed by atoms with E-state index in [2.05, 4.69) is 4.98 Å². The van der Waals surface area contributed by atoms with Crippen molar-refractivity contribution < 1.29 is 18.7 Å². The van der Waals surface area contributed by atoms with Crippen molar-refractivity contribution in [3.05, 3.63) is 28.5 Å². The van der Waals surface area contributed by atoms with Gasteiger partial charge in [0.25, 0.3) is 0 Å². The number of pyridine rings is 1. The molecule has 0 amide bonds. The van der Waals surface area contributed by atoms with Crippen LogP contribution in [0, 0.1) is 11.8 Å². The molecule has 1 heterocycles. The van der Waals surface area contributed by atoms with Crippen LogP contribution in [-0.4, -0.2) is 16.1 Å². The number of nitrogens with zero attached hydrogens (tertiary/aromatic N) is 1. The highest BCUT2D eigenvalue weighted by atomic mass is 35.5. The molecule has 1 aromatic rings. The van der Waals surface area contributed by atoms with Crippen molar-refractivity contribution in [2.45, 2.75) is 0 Å². The standard InChI is InChI=1S/C6H2ClF2NO2/c7-4-2(8)1-3(9)10-5(4)6(11)12/h1H,(H,11,12). The quantitative estimate of drug-likeness (QED) is 0.691. The molecule has 0 saturated carbocycles. The van der Waals surface area contributed by atoms with Crippen LogP contribution in [0.3, 0.4) is 0 Å². The van der Waals surface area contributed by atoms with Crippen molar-refractivity contribution in [2.75, 3.05) is 0 Å². The summed E-state index contributed by atoms with van der Waals surface area (Å²) in [7, 11) is 0. The van der Waals surface area contributed by atoms with Crippen LogP contribution in [0.2, 0.25) is 5.02 Å². The van der Waals surface area contributed by atoms with Gasteiger partial charge in [-0.1, -0.05) is 11.6 Å². The third-order valence-corrected chi connectivity index (χ3v) is 1.44. The van der Waals surface area contributed by atoms with Gasteiger partial charge in [0.05, 0.1) is 0 Å². The van der Waals surface area contributed by atoms with Gasteiger partial charge >= 0.3 is 5.97 Å². The predicted molar refractivity (Wildman–Crippen MR) is 36.1 cm³/mol. The summed E-state index contributed by atoms with van der Waals surface area (Å²) in [4.78, 5) is 13.1. The minimum absolute atomic E-state index is 0.411. The molecule has 3 nitrogen and oxygen atoms in total. The van der Waals surface area contributed by atoms with E-state index in [0.29, 0.717) is 6.07 Å². The number of aromatic nitrogens is 1. The Labute approximate surface area is 70.6 Å². The minimum atomic E-state index is -1.57. The lowest BCUT2D eigenvalue weighted by Gasteiger charge is -1.98. The summed E-state index contributed by atoms with van der Waals surface area (Å²) in [6, 6.07) is 0.411. The molecule has 0 fully saturated rings. The first-order chi connectivity index (χ1) is 5.52. The van der Waals surface area contributed by atoms with Crippen LogP contribution in [0.25, 0.3) is 0 Å². The first-order valence-electron chi connectivity index (χ1n) is 2.77. The highest BCUT2D eigenvalue weighted by molar-refractivity contribution is 6.33. The molecule has 64 valence electrons. The normalized spacial score (nSPS) is 9.92. The van der Waals surface area contributed by atoms with Crippen LogP contribution in [-0.2, 0) is 0 Å². The molecule has 6 heteroatoms. The van der Waals surface area contributed by atoms with Gasteiger partial charge in [0, 0.05) is 6.07 Å². The second-order valence-corrected chi connectivity index (χ2v) is 2.27. The van der Waals surface area contributed by atoms with E-state index in [4.69, 9.17) is 16.7 Å². The first-order valence-corrected chi connectivity index (χ1v) is 3.15. The lowest BCUT2D eigenvalue weighted by molar-refractivity contribution is 0.0688.